The lowest BCUT2D eigenvalue weighted by Crippen LogP contribution is -2.10. The standard InChI is InChI=1S/C12H16N2O3/c1-15-5-6-16-7-8-17-11-4-2-3-10-12(11)14-9-13-10/h2-4,9H,5-8H2,1H3,(H,13,14). The van der Waals surface area contributed by atoms with Crippen LogP contribution in [-0.2, 0) is 9.47 Å². The molecule has 17 heavy (non-hydrogen) atoms. The first-order valence-electron chi connectivity index (χ1n) is 5.53. The second-order valence-electron chi connectivity index (χ2n) is 3.51. The highest BCUT2D eigenvalue weighted by Gasteiger charge is 2.03. The topological polar surface area (TPSA) is 56.4 Å². The highest BCUT2D eigenvalue weighted by atomic mass is 16.5. The zero-order chi connectivity index (χ0) is 11.9. The van der Waals surface area contributed by atoms with Crippen LogP contribution >= 0.6 is 0 Å². The maximum absolute atomic E-state index is 5.61. The summed E-state index contributed by atoms with van der Waals surface area (Å²) < 4.78 is 15.8. The predicted octanol–water partition coefficient (Wildman–Crippen LogP) is 1.60. The molecule has 92 valence electrons. The molecule has 5 nitrogen and oxygen atoms in total. The van der Waals surface area contributed by atoms with E-state index in [1.165, 1.54) is 0 Å². The minimum atomic E-state index is 0.510. The lowest BCUT2D eigenvalue weighted by molar-refractivity contribution is 0.0546. The third-order valence-corrected chi connectivity index (χ3v) is 2.33. The van der Waals surface area contributed by atoms with Crippen LogP contribution in [0.4, 0.5) is 0 Å². The number of aromatic amines is 1. The summed E-state index contributed by atoms with van der Waals surface area (Å²) >= 11 is 0. The Kier molecular flexibility index (Phi) is 4.35. The van der Waals surface area contributed by atoms with Gasteiger partial charge in [-0.25, -0.2) is 4.98 Å². The summed E-state index contributed by atoms with van der Waals surface area (Å²) in [5.74, 6) is 0.777. The van der Waals surface area contributed by atoms with Crippen LogP contribution in [0.25, 0.3) is 11.0 Å². The smallest absolute Gasteiger partial charge is 0.147 e. The van der Waals surface area contributed by atoms with E-state index in [1.807, 2.05) is 18.2 Å². The number of rotatable bonds is 7. The van der Waals surface area contributed by atoms with Gasteiger partial charge in [-0.05, 0) is 12.1 Å². The van der Waals surface area contributed by atoms with Crippen molar-refractivity contribution in [3.05, 3.63) is 24.5 Å². The van der Waals surface area contributed by atoms with E-state index in [2.05, 4.69) is 9.97 Å². The summed E-state index contributed by atoms with van der Waals surface area (Å²) in [6.45, 7) is 2.25. The molecule has 0 fully saturated rings. The SMILES string of the molecule is COCCOCCOc1cccc2[nH]cnc12. The van der Waals surface area contributed by atoms with Gasteiger partial charge in [0.05, 0.1) is 31.7 Å². The Labute approximate surface area is 99.7 Å². The van der Waals surface area contributed by atoms with E-state index >= 15 is 0 Å². The maximum atomic E-state index is 5.61. The molecule has 0 spiro atoms. The molecule has 0 aliphatic rings. The van der Waals surface area contributed by atoms with Crippen LogP contribution in [0.5, 0.6) is 5.75 Å². The van der Waals surface area contributed by atoms with Gasteiger partial charge in [-0.2, -0.15) is 0 Å². The average Bonchev–Trinajstić information content (AvgIpc) is 2.82. The number of nitrogens with one attached hydrogen (secondary N) is 1. The molecule has 0 unspecified atom stereocenters. The van der Waals surface area contributed by atoms with Crippen molar-refractivity contribution in [3.8, 4) is 5.75 Å². The fraction of sp³-hybridized carbons (Fsp3) is 0.417. The number of benzene rings is 1. The zero-order valence-electron chi connectivity index (χ0n) is 9.81. The monoisotopic (exact) mass is 236 g/mol. The molecule has 0 bridgehead atoms. The normalized spacial score (nSPS) is 10.9. The highest BCUT2D eigenvalue weighted by molar-refractivity contribution is 5.80. The number of nitrogens with zero attached hydrogens (tertiary/aromatic N) is 1. The quantitative estimate of drug-likeness (QED) is 0.742. The number of methoxy groups -OCH3 is 1. The molecular weight excluding hydrogens is 220 g/mol. The molecule has 1 heterocycles. The Morgan fingerprint density at radius 3 is 2.94 bits per heavy atom. The second-order valence-corrected chi connectivity index (χ2v) is 3.51. The van der Waals surface area contributed by atoms with Crippen LogP contribution in [0.15, 0.2) is 24.5 Å². The van der Waals surface area contributed by atoms with Crippen LogP contribution in [0.3, 0.4) is 0 Å². The molecule has 0 aliphatic heterocycles. The van der Waals surface area contributed by atoms with E-state index in [0.29, 0.717) is 26.4 Å². The molecule has 2 rings (SSSR count). The largest absolute Gasteiger partial charge is 0.489 e. The van der Waals surface area contributed by atoms with Gasteiger partial charge in [0, 0.05) is 7.11 Å². The Bertz CT molecular complexity index is 456. The van der Waals surface area contributed by atoms with Crippen molar-refractivity contribution >= 4 is 11.0 Å². The Morgan fingerprint density at radius 1 is 1.18 bits per heavy atom. The molecule has 1 N–H and O–H groups in total. The second kappa shape index (κ2) is 6.22. The third kappa shape index (κ3) is 3.18. The van der Waals surface area contributed by atoms with Gasteiger partial charge in [0.1, 0.15) is 17.9 Å². The summed E-state index contributed by atoms with van der Waals surface area (Å²) in [6, 6.07) is 5.80. The van der Waals surface area contributed by atoms with Crippen molar-refractivity contribution in [2.45, 2.75) is 0 Å². The number of aromatic nitrogens is 2. The maximum Gasteiger partial charge on any atom is 0.147 e. The molecule has 5 heteroatoms. The van der Waals surface area contributed by atoms with Crippen molar-refractivity contribution in [2.75, 3.05) is 33.5 Å². The molecule has 0 atom stereocenters. The molecule has 2 aromatic rings. The lowest BCUT2D eigenvalue weighted by Gasteiger charge is -2.07. The molecule has 1 aromatic carbocycles. The molecular formula is C12H16N2O3. The van der Waals surface area contributed by atoms with Crippen LogP contribution in [0.1, 0.15) is 0 Å². The van der Waals surface area contributed by atoms with E-state index < -0.39 is 0 Å². The molecule has 1 aromatic heterocycles. The first kappa shape index (κ1) is 11.9. The molecule has 0 radical (unpaired) electrons. The van der Waals surface area contributed by atoms with Crippen molar-refractivity contribution in [1.82, 2.24) is 9.97 Å². The summed E-state index contributed by atoms with van der Waals surface area (Å²) in [5, 5.41) is 0. The highest BCUT2D eigenvalue weighted by Crippen LogP contribution is 2.21. The minimum Gasteiger partial charge on any atom is -0.489 e. The van der Waals surface area contributed by atoms with Gasteiger partial charge in [-0.15, -0.1) is 0 Å². The molecule has 0 amide bonds. The Hall–Kier alpha value is -1.59. The average molecular weight is 236 g/mol. The van der Waals surface area contributed by atoms with Gasteiger partial charge in [-0.1, -0.05) is 6.07 Å². The molecule has 0 saturated carbocycles. The lowest BCUT2D eigenvalue weighted by atomic mass is 10.3. The number of hydrogen-bond donors (Lipinski definition) is 1. The van der Waals surface area contributed by atoms with Crippen molar-refractivity contribution in [3.63, 3.8) is 0 Å². The molecule has 0 saturated heterocycles. The van der Waals surface area contributed by atoms with E-state index in [1.54, 1.807) is 13.4 Å². The van der Waals surface area contributed by atoms with Crippen LogP contribution in [0.2, 0.25) is 0 Å². The van der Waals surface area contributed by atoms with Gasteiger partial charge < -0.3 is 19.2 Å². The first-order valence-corrected chi connectivity index (χ1v) is 5.53. The number of ether oxygens (including phenoxy) is 3. The predicted molar refractivity (Wildman–Crippen MR) is 64.3 cm³/mol. The van der Waals surface area contributed by atoms with Crippen molar-refractivity contribution in [1.29, 1.82) is 0 Å². The van der Waals surface area contributed by atoms with Crippen LogP contribution in [-0.4, -0.2) is 43.5 Å². The van der Waals surface area contributed by atoms with Crippen LogP contribution < -0.4 is 4.74 Å². The minimum absolute atomic E-state index is 0.510. The summed E-state index contributed by atoms with van der Waals surface area (Å²) in [5.41, 5.74) is 1.83. The number of fused-ring (bicyclic) bond motifs is 1. The van der Waals surface area contributed by atoms with E-state index in [0.717, 1.165) is 16.8 Å². The van der Waals surface area contributed by atoms with Crippen LogP contribution in [0, 0.1) is 0 Å². The van der Waals surface area contributed by atoms with Gasteiger partial charge in [0.25, 0.3) is 0 Å². The van der Waals surface area contributed by atoms with E-state index in [4.69, 9.17) is 14.2 Å². The van der Waals surface area contributed by atoms with E-state index in [9.17, 15) is 0 Å². The first-order chi connectivity index (χ1) is 8.42. The number of imidazole rings is 1. The number of H-pyrrole nitrogens is 1. The van der Waals surface area contributed by atoms with Gasteiger partial charge in [0.2, 0.25) is 0 Å². The fourth-order valence-corrected chi connectivity index (χ4v) is 1.51. The fourth-order valence-electron chi connectivity index (χ4n) is 1.51. The van der Waals surface area contributed by atoms with Gasteiger partial charge >= 0.3 is 0 Å². The molecule has 0 aliphatic carbocycles. The number of para-hydroxylation sites is 1. The third-order valence-electron chi connectivity index (χ3n) is 2.33. The zero-order valence-corrected chi connectivity index (χ0v) is 9.81. The summed E-state index contributed by atoms with van der Waals surface area (Å²) in [4.78, 5) is 7.24. The Morgan fingerprint density at radius 2 is 2.06 bits per heavy atom. The van der Waals surface area contributed by atoms with Crippen molar-refractivity contribution < 1.29 is 14.2 Å². The van der Waals surface area contributed by atoms with E-state index in [-0.39, 0.29) is 0 Å². The summed E-state index contributed by atoms with van der Waals surface area (Å²) in [7, 11) is 1.65. The summed E-state index contributed by atoms with van der Waals surface area (Å²) in [6.07, 6.45) is 1.66. The number of hydrogen-bond acceptors (Lipinski definition) is 4. The van der Waals surface area contributed by atoms with Gasteiger partial charge in [-0.3, -0.25) is 0 Å². The van der Waals surface area contributed by atoms with Crippen molar-refractivity contribution in [2.24, 2.45) is 0 Å². The van der Waals surface area contributed by atoms with Gasteiger partial charge in [0.15, 0.2) is 0 Å². The Balaban J connectivity index is 1.80.